The smallest absolute Gasteiger partial charge is 0.230 e. The van der Waals surface area contributed by atoms with Crippen LogP contribution in [-0.4, -0.2) is 36.9 Å². The molecule has 2 fully saturated rings. The van der Waals surface area contributed by atoms with Gasteiger partial charge in [-0.15, -0.1) is 0 Å². The third kappa shape index (κ3) is 4.10. The minimum absolute atomic E-state index is 0.0337. The van der Waals surface area contributed by atoms with Crippen LogP contribution in [0, 0.1) is 11.8 Å². The monoisotopic (exact) mass is 411 g/mol. The summed E-state index contributed by atoms with van der Waals surface area (Å²) in [4.78, 5) is 29.4. The molecule has 2 aliphatic heterocycles. The summed E-state index contributed by atoms with van der Waals surface area (Å²) in [6.45, 7) is 4.42. The molecule has 3 atom stereocenters. The van der Waals surface area contributed by atoms with Crippen LogP contribution in [0.4, 0.5) is 11.4 Å². The molecule has 2 aromatic rings. The summed E-state index contributed by atoms with van der Waals surface area (Å²) in [6.07, 6.45) is 1.41. The number of nitrogens with zero attached hydrogens (tertiary/aromatic N) is 2. The molecule has 3 unspecified atom stereocenters. The van der Waals surface area contributed by atoms with E-state index in [1.807, 2.05) is 42.5 Å². The highest BCUT2D eigenvalue weighted by molar-refractivity contribution is 6.30. The first-order valence-corrected chi connectivity index (χ1v) is 10.5. The van der Waals surface area contributed by atoms with Crippen LogP contribution < -0.4 is 10.2 Å². The van der Waals surface area contributed by atoms with Crippen molar-refractivity contribution in [3.8, 4) is 0 Å². The molecule has 4 rings (SSSR count). The predicted octanol–water partition coefficient (Wildman–Crippen LogP) is 4.34. The van der Waals surface area contributed by atoms with E-state index in [2.05, 4.69) is 17.1 Å². The molecule has 0 radical (unpaired) electrons. The highest BCUT2D eigenvalue weighted by atomic mass is 35.5. The van der Waals surface area contributed by atoms with Crippen molar-refractivity contribution in [1.29, 1.82) is 0 Å². The third-order valence-electron chi connectivity index (χ3n) is 6.04. The number of anilines is 2. The number of halogens is 1. The van der Waals surface area contributed by atoms with Crippen molar-refractivity contribution in [3.05, 3.63) is 59.1 Å². The van der Waals surface area contributed by atoms with Crippen LogP contribution in [0.5, 0.6) is 0 Å². The minimum Gasteiger partial charge on any atom is -0.371 e. The first-order valence-electron chi connectivity index (χ1n) is 10.1. The summed E-state index contributed by atoms with van der Waals surface area (Å²) < 4.78 is 0. The highest BCUT2D eigenvalue weighted by Crippen LogP contribution is 2.38. The molecule has 0 aliphatic carbocycles. The van der Waals surface area contributed by atoms with E-state index in [9.17, 15) is 9.59 Å². The second-order valence-corrected chi connectivity index (χ2v) is 8.63. The van der Waals surface area contributed by atoms with Gasteiger partial charge >= 0.3 is 0 Å². The van der Waals surface area contributed by atoms with Gasteiger partial charge in [0, 0.05) is 43.0 Å². The Balaban J connectivity index is 1.49. The topological polar surface area (TPSA) is 52.7 Å². The summed E-state index contributed by atoms with van der Waals surface area (Å²) >= 11 is 6.13. The molecular weight excluding hydrogens is 386 g/mol. The summed E-state index contributed by atoms with van der Waals surface area (Å²) in [6, 6.07) is 15.0. The van der Waals surface area contributed by atoms with Gasteiger partial charge in [-0.25, -0.2) is 0 Å². The van der Waals surface area contributed by atoms with Crippen LogP contribution in [0.25, 0.3) is 0 Å². The Labute approximate surface area is 176 Å². The molecule has 2 saturated heterocycles. The lowest BCUT2D eigenvalue weighted by molar-refractivity contribution is -0.127. The van der Waals surface area contributed by atoms with Crippen molar-refractivity contribution >= 4 is 34.8 Å². The SMILES string of the molecule is CC1CCN(c2ccc(NC(=O)C3CC(=O)N(C)C3c3cccc(Cl)c3)cc2)C1. The number of hydrogen-bond acceptors (Lipinski definition) is 3. The van der Waals surface area contributed by atoms with Gasteiger partial charge in [0.1, 0.15) is 0 Å². The van der Waals surface area contributed by atoms with E-state index in [1.165, 1.54) is 12.1 Å². The molecule has 0 aromatic heterocycles. The standard InChI is InChI=1S/C23H26ClN3O2/c1-15-10-11-27(14-15)19-8-6-18(7-9-19)25-23(29)20-13-21(28)26(2)22(20)16-4-3-5-17(24)12-16/h3-9,12,15,20,22H,10-11,13-14H2,1-2H3,(H,25,29). The average molecular weight is 412 g/mol. The van der Waals surface area contributed by atoms with Crippen molar-refractivity contribution < 1.29 is 9.59 Å². The summed E-state index contributed by atoms with van der Waals surface area (Å²) in [7, 11) is 1.74. The predicted molar refractivity (Wildman–Crippen MR) is 116 cm³/mol. The van der Waals surface area contributed by atoms with Gasteiger partial charge < -0.3 is 15.1 Å². The Morgan fingerprint density at radius 2 is 1.93 bits per heavy atom. The maximum absolute atomic E-state index is 13.0. The van der Waals surface area contributed by atoms with Crippen LogP contribution in [-0.2, 0) is 9.59 Å². The van der Waals surface area contributed by atoms with Crippen LogP contribution in [0.1, 0.15) is 31.4 Å². The number of benzene rings is 2. The zero-order valence-corrected chi connectivity index (χ0v) is 17.5. The number of rotatable bonds is 4. The van der Waals surface area contributed by atoms with Gasteiger partial charge in [0.25, 0.3) is 0 Å². The molecule has 0 bridgehead atoms. The Morgan fingerprint density at radius 1 is 1.17 bits per heavy atom. The highest BCUT2D eigenvalue weighted by Gasteiger charge is 2.42. The van der Waals surface area contributed by atoms with E-state index in [-0.39, 0.29) is 24.3 Å². The van der Waals surface area contributed by atoms with Gasteiger partial charge in [-0.05, 0) is 54.3 Å². The van der Waals surface area contributed by atoms with E-state index in [0.29, 0.717) is 5.02 Å². The number of carbonyl (C=O) groups is 2. The zero-order valence-electron chi connectivity index (χ0n) is 16.8. The van der Waals surface area contributed by atoms with Gasteiger partial charge in [0.15, 0.2) is 0 Å². The second kappa shape index (κ2) is 8.07. The number of carbonyl (C=O) groups excluding carboxylic acids is 2. The normalized spacial score (nSPS) is 24.2. The lowest BCUT2D eigenvalue weighted by Gasteiger charge is -2.25. The van der Waals surface area contributed by atoms with Crippen LogP contribution in [0.2, 0.25) is 5.02 Å². The van der Waals surface area contributed by atoms with Crippen molar-refractivity contribution in [2.24, 2.45) is 11.8 Å². The molecule has 1 N–H and O–H groups in total. The summed E-state index contributed by atoms with van der Waals surface area (Å²) in [5.41, 5.74) is 2.81. The number of nitrogens with one attached hydrogen (secondary N) is 1. The molecule has 0 saturated carbocycles. The third-order valence-corrected chi connectivity index (χ3v) is 6.27. The van der Waals surface area contributed by atoms with Crippen molar-refractivity contribution in [2.45, 2.75) is 25.8 Å². The Kier molecular flexibility index (Phi) is 5.50. The van der Waals surface area contributed by atoms with Crippen LogP contribution in [0.3, 0.4) is 0 Å². The van der Waals surface area contributed by atoms with Crippen LogP contribution >= 0.6 is 11.6 Å². The largest absolute Gasteiger partial charge is 0.371 e. The second-order valence-electron chi connectivity index (χ2n) is 8.19. The Bertz CT molecular complexity index is 915. The maximum Gasteiger partial charge on any atom is 0.230 e. The molecule has 2 aromatic carbocycles. The average Bonchev–Trinajstić information content (AvgIpc) is 3.26. The molecule has 152 valence electrons. The fourth-order valence-electron chi connectivity index (χ4n) is 4.41. The van der Waals surface area contributed by atoms with Crippen molar-refractivity contribution in [3.63, 3.8) is 0 Å². The van der Waals surface area contributed by atoms with Crippen molar-refractivity contribution in [1.82, 2.24) is 4.90 Å². The van der Waals surface area contributed by atoms with Gasteiger partial charge in [-0.1, -0.05) is 30.7 Å². The van der Waals surface area contributed by atoms with Crippen molar-refractivity contribution in [2.75, 3.05) is 30.4 Å². The number of amides is 2. The lowest BCUT2D eigenvalue weighted by Crippen LogP contribution is -2.30. The molecule has 2 amide bonds. The number of likely N-dealkylation sites (tertiary alicyclic amines) is 1. The van der Waals surface area contributed by atoms with Gasteiger partial charge in [-0.3, -0.25) is 9.59 Å². The molecule has 6 heteroatoms. The first-order chi connectivity index (χ1) is 13.9. The molecule has 0 spiro atoms. The fraction of sp³-hybridized carbons (Fsp3) is 0.391. The minimum atomic E-state index is -0.454. The molecule has 2 aliphatic rings. The quantitative estimate of drug-likeness (QED) is 0.813. The van der Waals surface area contributed by atoms with E-state index in [4.69, 9.17) is 11.6 Å². The molecule has 2 heterocycles. The Hall–Kier alpha value is -2.53. The zero-order chi connectivity index (χ0) is 20.5. The molecule has 29 heavy (non-hydrogen) atoms. The van der Waals surface area contributed by atoms with E-state index < -0.39 is 5.92 Å². The van der Waals surface area contributed by atoms with Gasteiger partial charge in [-0.2, -0.15) is 0 Å². The molecular formula is C23H26ClN3O2. The van der Waals surface area contributed by atoms with Gasteiger partial charge in [0.05, 0.1) is 12.0 Å². The maximum atomic E-state index is 13.0. The lowest BCUT2D eigenvalue weighted by atomic mass is 9.93. The van der Waals surface area contributed by atoms with E-state index >= 15 is 0 Å². The molecule has 5 nitrogen and oxygen atoms in total. The fourth-order valence-corrected chi connectivity index (χ4v) is 4.61. The Morgan fingerprint density at radius 3 is 2.59 bits per heavy atom. The first kappa shape index (κ1) is 19.8. The van der Waals surface area contributed by atoms with E-state index in [0.717, 1.165) is 30.3 Å². The van der Waals surface area contributed by atoms with E-state index in [1.54, 1.807) is 18.0 Å². The summed E-state index contributed by atoms with van der Waals surface area (Å²) in [5, 5.41) is 3.59. The number of hydrogen-bond donors (Lipinski definition) is 1. The van der Waals surface area contributed by atoms with Gasteiger partial charge in [0.2, 0.25) is 11.8 Å². The van der Waals surface area contributed by atoms with Crippen LogP contribution in [0.15, 0.2) is 48.5 Å². The summed E-state index contributed by atoms with van der Waals surface area (Å²) in [5.74, 6) is 0.0867.